The first-order chi connectivity index (χ1) is 13.0. The lowest BCUT2D eigenvalue weighted by molar-refractivity contribution is -0.0880. The van der Waals surface area contributed by atoms with Gasteiger partial charge < -0.3 is 15.0 Å². The first-order valence-electron chi connectivity index (χ1n) is 10.4. The molecule has 4 heterocycles. The van der Waals surface area contributed by atoms with Crippen LogP contribution in [0.25, 0.3) is 10.9 Å². The summed E-state index contributed by atoms with van der Waals surface area (Å²) in [6.45, 7) is 14.0. The summed E-state index contributed by atoms with van der Waals surface area (Å²) >= 11 is 0. The van der Waals surface area contributed by atoms with Crippen LogP contribution in [-0.2, 0) is 16.7 Å². The van der Waals surface area contributed by atoms with Crippen molar-refractivity contribution in [1.29, 1.82) is 0 Å². The fourth-order valence-electron chi connectivity index (χ4n) is 6.76. The molecule has 0 aliphatic carbocycles. The minimum atomic E-state index is -0.566. The lowest BCUT2D eigenvalue weighted by Crippen LogP contribution is -2.68. The normalized spacial score (nSPS) is 29.6. The van der Waals surface area contributed by atoms with Gasteiger partial charge in [-0.25, -0.2) is 4.79 Å². The minimum absolute atomic E-state index is 0.127. The molecular formula is C23H31N3O2. The van der Waals surface area contributed by atoms with Crippen molar-refractivity contribution in [2.45, 2.75) is 83.0 Å². The number of aromatic nitrogens is 1. The molecule has 2 saturated heterocycles. The second-order valence-electron chi connectivity index (χ2n) is 10.5. The summed E-state index contributed by atoms with van der Waals surface area (Å²) in [4.78, 5) is 18.8. The average molecular weight is 382 g/mol. The van der Waals surface area contributed by atoms with Crippen molar-refractivity contribution in [2.24, 2.45) is 0 Å². The Balaban J connectivity index is 1.82. The predicted molar refractivity (Wildman–Crippen MR) is 111 cm³/mol. The molecule has 2 aromatic rings. The molecule has 1 aromatic heterocycles. The fraction of sp³-hybridized carbons (Fsp3) is 0.609. The standard InChI is InChI=1S/C23H31N3O2/c1-14-15-10-11-26-19(27)28-23(12-20(2,3)25-21(4,5)13-23)22(26,6)16-8-7-9-17(24-14)18(15)16/h7-9,24-25H,10-13H2,1-6H3/t22-/m0/s1. The number of fused-ring (bicyclic) bond motifs is 3. The lowest BCUT2D eigenvalue weighted by atomic mass is 9.62. The van der Waals surface area contributed by atoms with Crippen molar-refractivity contribution in [2.75, 3.05) is 6.54 Å². The highest BCUT2D eigenvalue weighted by atomic mass is 16.6. The van der Waals surface area contributed by atoms with Crippen LogP contribution in [-0.4, -0.2) is 39.2 Å². The third kappa shape index (κ3) is 2.14. The first-order valence-corrected chi connectivity index (χ1v) is 10.4. The molecule has 150 valence electrons. The highest BCUT2D eigenvalue weighted by Gasteiger charge is 2.68. The molecule has 5 heteroatoms. The van der Waals surface area contributed by atoms with Crippen molar-refractivity contribution in [3.63, 3.8) is 0 Å². The highest BCUT2D eigenvalue weighted by molar-refractivity contribution is 5.91. The van der Waals surface area contributed by atoms with Gasteiger partial charge in [-0.3, -0.25) is 4.90 Å². The second-order valence-corrected chi connectivity index (χ2v) is 10.5. The van der Waals surface area contributed by atoms with E-state index in [1.807, 2.05) is 4.90 Å². The Labute approximate surface area is 166 Å². The summed E-state index contributed by atoms with van der Waals surface area (Å²) in [5, 5.41) is 5.05. The maximum atomic E-state index is 13.2. The monoisotopic (exact) mass is 381 g/mol. The Hall–Kier alpha value is -2.01. The van der Waals surface area contributed by atoms with Crippen LogP contribution in [0.2, 0.25) is 0 Å². The minimum Gasteiger partial charge on any atom is -0.440 e. The van der Waals surface area contributed by atoms with E-state index in [1.165, 1.54) is 22.2 Å². The molecule has 1 spiro atoms. The van der Waals surface area contributed by atoms with Crippen molar-refractivity contribution in [3.8, 4) is 0 Å². The van der Waals surface area contributed by atoms with Gasteiger partial charge in [0.05, 0.1) is 0 Å². The quantitative estimate of drug-likeness (QED) is 0.712. The second kappa shape index (κ2) is 5.12. The zero-order valence-corrected chi connectivity index (χ0v) is 17.8. The molecule has 0 saturated carbocycles. The third-order valence-electron chi connectivity index (χ3n) is 7.31. The number of nitrogens with zero attached hydrogens (tertiary/aromatic N) is 1. The first kappa shape index (κ1) is 18.0. The Bertz CT molecular complexity index is 987. The van der Waals surface area contributed by atoms with Crippen LogP contribution in [0.3, 0.4) is 0 Å². The summed E-state index contributed by atoms with van der Waals surface area (Å²) in [5.74, 6) is 0. The van der Waals surface area contributed by atoms with E-state index in [9.17, 15) is 4.79 Å². The van der Waals surface area contributed by atoms with E-state index in [-0.39, 0.29) is 17.2 Å². The molecule has 0 radical (unpaired) electrons. The van der Waals surface area contributed by atoms with E-state index in [0.717, 1.165) is 24.8 Å². The van der Waals surface area contributed by atoms with Gasteiger partial charge in [-0.05, 0) is 65.2 Å². The van der Waals surface area contributed by atoms with Crippen molar-refractivity contribution < 1.29 is 9.53 Å². The Morgan fingerprint density at radius 3 is 2.43 bits per heavy atom. The largest absolute Gasteiger partial charge is 0.440 e. The third-order valence-corrected chi connectivity index (χ3v) is 7.31. The number of piperidine rings is 1. The zero-order valence-electron chi connectivity index (χ0n) is 17.8. The van der Waals surface area contributed by atoms with Crippen LogP contribution in [0.5, 0.6) is 0 Å². The topological polar surface area (TPSA) is 57.4 Å². The molecule has 5 nitrogen and oxygen atoms in total. The number of carbonyl (C=O) groups is 1. The number of carbonyl (C=O) groups excluding carboxylic acids is 1. The van der Waals surface area contributed by atoms with E-state index in [1.54, 1.807) is 0 Å². The van der Waals surface area contributed by atoms with Gasteiger partial charge in [0.2, 0.25) is 0 Å². The smallest absolute Gasteiger partial charge is 0.411 e. The van der Waals surface area contributed by atoms with E-state index >= 15 is 0 Å². The van der Waals surface area contributed by atoms with Gasteiger partial charge in [-0.1, -0.05) is 12.1 Å². The van der Waals surface area contributed by atoms with E-state index < -0.39 is 11.1 Å². The molecular weight excluding hydrogens is 350 g/mol. The van der Waals surface area contributed by atoms with E-state index in [4.69, 9.17) is 4.74 Å². The summed E-state index contributed by atoms with van der Waals surface area (Å²) in [5.41, 5.74) is 3.62. The van der Waals surface area contributed by atoms with Gasteiger partial charge in [-0.2, -0.15) is 0 Å². The van der Waals surface area contributed by atoms with Crippen LogP contribution in [0, 0.1) is 6.92 Å². The number of hydrogen-bond acceptors (Lipinski definition) is 3. The fourth-order valence-corrected chi connectivity index (χ4v) is 6.76. The van der Waals surface area contributed by atoms with Crippen molar-refractivity contribution in [1.82, 2.24) is 15.2 Å². The number of benzene rings is 1. The maximum absolute atomic E-state index is 13.2. The van der Waals surface area contributed by atoms with Gasteiger partial charge in [-0.15, -0.1) is 0 Å². The Morgan fingerprint density at radius 1 is 1.07 bits per heavy atom. The molecule has 1 atom stereocenters. The van der Waals surface area contributed by atoms with E-state index in [2.05, 4.69) is 70.0 Å². The molecule has 0 bridgehead atoms. The molecule has 0 unspecified atom stereocenters. The SMILES string of the molecule is Cc1[nH]c2cccc3c2c1CCN1C(=O)OC2(CC(C)(C)NC(C)(C)C2)[C@]31C. The average Bonchev–Trinajstić information content (AvgIpc) is 2.88. The lowest BCUT2D eigenvalue weighted by Gasteiger charge is -2.55. The van der Waals surface area contributed by atoms with Gasteiger partial charge in [0.15, 0.2) is 0 Å². The molecule has 1 amide bonds. The molecule has 5 rings (SSSR count). The Morgan fingerprint density at radius 2 is 1.75 bits per heavy atom. The number of aromatic amines is 1. The van der Waals surface area contributed by atoms with Crippen LogP contribution in [0.4, 0.5) is 4.79 Å². The number of aryl methyl sites for hydroxylation is 1. The number of rotatable bonds is 0. The van der Waals surface area contributed by atoms with Gasteiger partial charge in [0, 0.05) is 47.1 Å². The highest BCUT2D eigenvalue weighted by Crippen LogP contribution is 2.58. The van der Waals surface area contributed by atoms with Gasteiger partial charge in [0.25, 0.3) is 0 Å². The number of nitrogens with one attached hydrogen (secondary N) is 2. The Kier molecular flexibility index (Phi) is 3.30. The van der Waals surface area contributed by atoms with Crippen molar-refractivity contribution in [3.05, 3.63) is 35.0 Å². The predicted octanol–water partition coefficient (Wildman–Crippen LogP) is 4.38. The molecule has 1 aromatic carbocycles. The summed E-state index contributed by atoms with van der Waals surface area (Å²) in [6.07, 6.45) is 2.27. The molecule has 2 N–H and O–H groups in total. The van der Waals surface area contributed by atoms with Crippen LogP contribution < -0.4 is 5.32 Å². The summed E-state index contributed by atoms with van der Waals surface area (Å²) in [7, 11) is 0. The molecule has 2 fully saturated rings. The number of amides is 1. The summed E-state index contributed by atoms with van der Waals surface area (Å²) < 4.78 is 6.36. The van der Waals surface area contributed by atoms with Crippen LogP contribution in [0.15, 0.2) is 18.2 Å². The number of hydrogen-bond donors (Lipinski definition) is 2. The van der Waals surface area contributed by atoms with Crippen LogP contribution in [0.1, 0.15) is 64.3 Å². The molecule has 28 heavy (non-hydrogen) atoms. The summed E-state index contributed by atoms with van der Waals surface area (Å²) in [6, 6.07) is 6.47. The number of ether oxygens (including phenoxy) is 1. The maximum Gasteiger partial charge on any atom is 0.411 e. The van der Waals surface area contributed by atoms with Crippen molar-refractivity contribution >= 4 is 17.0 Å². The van der Waals surface area contributed by atoms with Gasteiger partial charge in [0.1, 0.15) is 11.1 Å². The molecule has 3 aliphatic heterocycles. The van der Waals surface area contributed by atoms with Gasteiger partial charge >= 0.3 is 6.09 Å². The zero-order chi connectivity index (χ0) is 20.1. The number of H-pyrrole nitrogens is 1. The van der Waals surface area contributed by atoms with Crippen LogP contribution >= 0.6 is 0 Å². The molecule has 3 aliphatic rings. The van der Waals surface area contributed by atoms with E-state index in [0.29, 0.717) is 6.54 Å².